The van der Waals surface area contributed by atoms with Crippen LogP contribution in [-0.2, 0) is 13.1 Å². The first kappa shape index (κ1) is 17.8. The van der Waals surface area contributed by atoms with E-state index in [0.717, 1.165) is 31.9 Å². The van der Waals surface area contributed by atoms with E-state index in [1.54, 1.807) is 7.11 Å². The van der Waals surface area contributed by atoms with Crippen molar-refractivity contribution in [2.45, 2.75) is 32.5 Å². The SMILES string of the molecule is COc1ccc(CN(C)[C@H]2CCN(Cc3ccccc3)C[C@H]2C)nn1. The van der Waals surface area contributed by atoms with Gasteiger partial charge >= 0.3 is 0 Å². The predicted molar refractivity (Wildman–Crippen MR) is 99.3 cm³/mol. The minimum atomic E-state index is 0.564. The first-order valence-electron chi connectivity index (χ1n) is 8.99. The van der Waals surface area contributed by atoms with E-state index in [2.05, 4.69) is 64.3 Å². The molecule has 2 heterocycles. The highest BCUT2D eigenvalue weighted by molar-refractivity contribution is 5.14. The van der Waals surface area contributed by atoms with Crippen LogP contribution in [0.15, 0.2) is 42.5 Å². The van der Waals surface area contributed by atoms with Gasteiger partial charge in [0.1, 0.15) is 0 Å². The maximum absolute atomic E-state index is 5.08. The fourth-order valence-electron chi connectivity index (χ4n) is 3.77. The molecule has 1 aliphatic rings. The maximum Gasteiger partial charge on any atom is 0.233 e. The molecular formula is C20H28N4O. The van der Waals surface area contributed by atoms with Gasteiger partial charge in [0, 0.05) is 31.7 Å². The molecule has 0 N–H and O–H groups in total. The monoisotopic (exact) mass is 340 g/mol. The number of likely N-dealkylation sites (tertiary alicyclic amines) is 1. The van der Waals surface area contributed by atoms with Crippen LogP contribution in [0.1, 0.15) is 24.6 Å². The van der Waals surface area contributed by atoms with Crippen LogP contribution in [0.2, 0.25) is 0 Å². The molecule has 0 unspecified atom stereocenters. The molecule has 1 aliphatic heterocycles. The first-order valence-corrected chi connectivity index (χ1v) is 8.99. The quantitative estimate of drug-likeness (QED) is 0.809. The number of hydrogen-bond donors (Lipinski definition) is 0. The van der Waals surface area contributed by atoms with Crippen molar-refractivity contribution >= 4 is 0 Å². The summed E-state index contributed by atoms with van der Waals surface area (Å²) in [6, 6.07) is 15.2. The topological polar surface area (TPSA) is 41.5 Å². The number of ether oxygens (including phenoxy) is 1. The van der Waals surface area contributed by atoms with E-state index in [0.29, 0.717) is 17.8 Å². The van der Waals surface area contributed by atoms with Crippen LogP contribution in [0, 0.1) is 5.92 Å². The zero-order valence-corrected chi connectivity index (χ0v) is 15.4. The van der Waals surface area contributed by atoms with Crippen LogP contribution >= 0.6 is 0 Å². The zero-order chi connectivity index (χ0) is 17.6. The number of piperidine rings is 1. The minimum absolute atomic E-state index is 0.564. The molecule has 1 aromatic heterocycles. The van der Waals surface area contributed by atoms with E-state index in [1.165, 1.54) is 12.0 Å². The Balaban J connectivity index is 1.53. The molecule has 1 aromatic carbocycles. The third-order valence-electron chi connectivity index (χ3n) is 5.08. The maximum atomic E-state index is 5.08. The summed E-state index contributed by atoms with van der Waals surface area (Å²) in [6.45, 7) is 6.51. The molecule has 0 radical (unpaired) electrons. The Morgan fingerprint density at radius 3 is 2.60 bits per heavy atom. The Bertz CT molecular complexity index is 647. The van der Waals surface area contributed by atoms with Gasteiger partial charge in [-0.05, 0) is 37.6 Å². The Morgan fingerprint density at radius 2 is 1.96 bits per heavy atom. The molecule has 1 saturated heterocycles. The van der Waals surface area contributed by atoms with Crippen LogP contribution in [-0.4, -0.2) is 53.3 Å². The summed E-state index contributed by atoms with van der Waals surface area (Å²) in [6.07, 6.45) is 1.19. The Kier molecular flexibility index (Phi) is 6.00. The third kappa shape index (κ3) is 4.77. The lowest BCUT2D eigenvalue weighted by atomic mass is 9.92. The standard InChI is InChI=1S/C20H28N4O/c1-16-13-24(14-17-7-5-4-6-8-17)12-11-19(16)23(2)15-18-9-10-20(25-3)22-21-18/h4-10,16,19H,11-15H2,1-3H3/t16-,19+/m1/s1. The highest BCUT2D eigenvalue weighted by atomic mass is 16.5. The fourth-order valence-corrected chi connectivity index (χ4v) is 3.77. The Morgan fingerprint density at radius 1 is 1.16 bits per heavy atom. The second-order valence-corrected chi connectivity index (χ2v) is 7.04. The van der Waals surface area contributed by atoms with Crippen molar-refractivity contribution in [2.75, 3.05) is 27.2 Å². The molecule has 0 saturated carbocycles. The van der Waals surface area contributed by atoms with E-state index in [-0.39, 0.29) is 0 Å². The van der Waals surface area contributed by atoms with E-state index in [4.69, 9.17) is 4.74 Å². The summed E-state index contributed by atoms with van der Waals surface area (Å²) in [5, 5.41) is 8.32. The molecule has 2 aromatic rings. The average Bonchev–Trinajstić information content (AvgIpc) is 2.63. The Hall–Kier alpha value is -1.98. The number of hydrogen-bond acceptors (Lipinski definition) is 5. The van der Waals surface area contributed by atoms with Gasteiger partial charge in [0.25, 0.3) is 0 Å². The lowest BCUT2D eigenvalue weighted by Gasteiger charge is -2.41. The lowest BCUT2D eigenvalue weighted by molar-refractivity contribution is 0.0711. The number of nitrogens with zero attached hydrogens (tertiary/aromatic N) is 4. The van der Waals surface area contributed by atoms with E-state index >= 15 is 0 Å². The van der Waals surface area contributed by atoms with Crippen LogP contribution in [0.25, 0.3) is 0 Å². The largest absolute Gasteiger partial charge is 0.480 e. The normalized spacial score (nSPS) is 21.4. The first-order chi connectivity index (χ1) is 12.2. The van der Waals surface area contributed by atoms with Crippen molar-refractivity contribution in [1.29, 1.82) is 0 Å². The van der Waals surface area contributed by atoms with Gasteiger partial charge in [-0.2, -0.15) is 5.10 Å². The van der Waals surface area contributed by atoms with Crippen LogP contribution < -0.4 is 4.74 Å². The van der Waals surface area contributed by atoms with E-state index in [9.17, 15) is 0 Å². The third-order valence-corrected chi connectivity index (χ3v) is 5.08. The molecule has 1 fully saturated rings. The highest BCUT2D eigenvalue weighted by Gasteiger charge is 2.29. The zero-order valence-electron chi connectivity index (χ0n) is 15.4. The van der Waals surface area contributed by atoms with E-state index < -0.39 is 0 Å². The molecule has 0 amide bonds. The van der Waals surface area contributed by atoms with Gasteiger partial charge in [-0.1, -0.05) is 37.3 Å². The second-order valence-electron chi connectivity index (χ2n) is 7.04. The van der Waals surface area contributed by atoms with E-state index in [1.807, 2.05) is 12.1 Å². The van der Waals surface area contributed by atoms with Gasteiger partial charge in [-0.25, -0.2) is 0 Å². The second kappa shape index (κ2) is 8.41. The average molecular weight is 340 g/mol. The van der Waals surface area contributed by atoms with Gasteiger partial charge in [-0.15, -0.1) is 5.10 Å². The molecule has 5 heteroatoms. The van der Waals surface area contributed by atoms with Gasteiger partial charge in [-0.3, -0.25) is 9.80 Å². The van der Waals surface area contributed by atoms with Crippen LogP contribution in [0.3, 0.4) is 0 Å². The van der Waals surface area contributed by atoms with Crippen LogP contribution in [0.5, 0.6) is 5.88 Å². The summed E-state index contributed by atoms with van der Waals surface area (Å²) in [5.74, 6) is 1.20. The smallest absolute Gasteiger partial charge is 0.233 e. The van der Waals surface area contributed by atoms with Crippen LogP contribution in [0.4, 0.5) is 0 Å². The molecule has 2 atom stereocenters. The predicted octanol–water partition coefficient (Wildman–Crippen LogP) is 2.83. The van der Waals surface area contributed by atoms with Gasteiger partial charge < -0.3 is 4.74 Å². The summed E-state index contributed by atoms with van der Waals surface area (Å²) in [4.78, 5) is 4.98. The molecule has 3 rings (SSSR count). The Labute approximate surface area is 150 Å². The van der Waals surface area contributed by atoms with Crippen molar-refractivity contribution in [3.05, 3.63) is 53.7 Å². The van der Waals surface area contributed by atoms with Crippen molar-refractivity contribution in [3.63, 3.8) is 0 Å². The van der Waals surface area contributed by atoms with Gasteiger partial charge in [0.2, 0.25) is 5.88 Å². The molecule has 5 nitrogen and oxygen atoms in total. The molecule has 25 heavy (non-hydrogen) atoms. The molecule has 0 aliphatic carbocycles. The highest BCUT2D eigenvalue weighted by Crippen LogP contribution is 2.23. The van der Waals surface area contributed by atoms with Crippen molar-refractivity contribution in [1.82, 2.24) is 20.0 Å². The molecule has 0 bridgehead atoms. The molecule has 134 valence electrons. The summed E-state index contributed by atoms with van der Waals surface area (Å²) in [5.41, 5.74) is 2.39. The van der Waals surface area contributed by atoms with Crippen molar-refractivity contribution in [3.8, 4) is 5.88 Å². The fraction of sp³-hybridized carbons (Fsp3) is 0.500. The minimum Gasteiger partial charge on any atom is -0.480 e. The number of methoxy groups -OCH3 is 1. The van der Waals surface area contributed by atoms with Crippen molar-refractivity contribution < 1.29 is 4.74 Å². The number of aromatic nitrogens is 2. The summed E-state index contributed by atoms with van der Waals surface area (Å²) >= 11 is 0. The lowest BCUT2D eigenvalue weighted by Crippen LogP contribution is -2.48. The summed E-state index contributed by atoms with van der Waals surface area (Å²) < 4.78 is 5.08. The van der Waals surface area contributed by atoms with Crippen molar-refractivity contribution in [2.24, 2.45) is 5.92 Å². The van der Waals surface area contributed by atoms with Gasteiger partial charge in [0.15, 0.2) is 0 Å². The number of rotatable bonds is 6. The van der Waals surface area contributed by atoms with Gasteiger partial charge in [0.05, 0.1) is 12.8 Å². The number of benzene rings is 1. The summed E-state index contributed by atoms with van der Waals surface area (Å²) in [7, 11) is 3.81. The molecule has 0 spiro atoms. The molecular weight excluding hydrogens is 312 g/mol.